The second-order valence-electron chi connectivity index (χ2n) is 4.63. The largest absolute Gasteiger partial charge is 0.349 e. The molecule has 5 heteroatoms. The smallest absolute Gasteiger partial charge is 0.117 e. The van der Waals surface area contributed by atoms with Crippen molar-refractivity contribution in [2.24, 2.45) is 0 Å². The highest BCUT2D eigenvalue weighted by Gasteiger charge is 2.13. The van der Waals surface area contributed by atoms with Gasteiger partial charge in [-0.25, -0.2) is 4.98 Å². The second kappa shape index (κ2) is 6.85. The van der Waals surface area contributed by atoms with Gasteiger partial charge in [-0.2, -0.15) is 0 Å². The van der Waals surface area contributed by atoms with Gasteiger partial charge in [-0.15, -0.1) is 35.3 Å². The molecule has 1 aliphatic heterocycles. The summed E-state index contributed by atoms with van der Waals surface area (Å²) in [5.41, 5.74) is 2.25. The van der Waals surface area contributed by atoms with Gasteiger partial charge in [0.15, 0.2) is 0 Å². The Kier molecular flexibility index (Phi) is 4.85. The first kappa shape index (κ1) is 15.6. The minimum absolute atomic E-state index is 0. The molecule has 0 radical (unpaired) electrons. The van der Waals surface area contributed by atoms with Crippen LogP contribution < -0.4 is 5.32 Å². The van der Waals surface area contributed by atoms with Gasteiger partial charge < -0.3 is 5.32 Å². The number of thioether (sulfide) groups is 1. The van der Waals surface area contributed by atoms with Crippen LogP contribution in [0, 0.1) is 0 Å². The number of nitrogens with zero attached hydrogens (tertiary/aromatic N) is 1. The van der Waals surface area contributed by atoms with E-state index in [0.29, 0.717) is 0 Å². The summed E-state index contributed by atoms with van der Waals surface area (Å²) in [6.45, 7) is 0. The number of hydrogen-bond donors (Lipinski definition) is 1. The lowest BCUT2D eigenvalue weighted by molar-refractivity contribution is 1.46. The summed E-state index contributed by atoms with van der Waals surface area (Å²) >= 11 is 3.47. The van der Waals surface area contributed by atoms with Gasteiger partial charge in [0, 0.05) is 4.90 Å². The Morgan fingerprint density at radius 2 is 1.82 bits per heavy atom. The van der Waals surface area contributed by atoms with E-state index >= 15 is 0 Å². The van der Waals surface area contributed by atoms with Crippen LogP contribution in [0.2, 0.25) is 0 Å². The van der Waals surface area contributed by atoms with E-state index in [1.807, 2.05) is 24.3 Å². The Morgan fingerprint density at radius 3 is 2.68 bits per heavy atom. The highest BCUT2D eigenvalue weighted by molar-refractivity contribution is 14.0. The molecule has 3 aromatic rings. The molecule has 2 heterocycles. The average molecular weight is 436 g/mol. The van der Waals surface area contributed by atoms with Gasteiger partial charge in [-0.05, 0) is 36.4 Å². The predicted octanol–water partition coefficient (Wildman–Crippen LogP) is 5.99. The fraction of sp³-hybridized carbons (Fsp3) is 0. The Balaban J connectivity index is 0.00000144. The summed E-state index contributed by atoms with van der Waals surface area (Å²) in [4.78, 5) is 5.87. The molecule has 1 aromatic heterocycles. The molecule has 2 nitrogen and oxygen atoms in total. The maximum Gasteiger partial charge on any atom is 0.117 e. The minimum Gasteiger partial charge on any atom is -0.349 e. The quantitative estimate of drug-likeness (QED) is 0.500. The van der Waals surface area contributed by atoms with Crippen molar-refractivity contribution < 1.29 is 0 Å². The summed E-state index contributed by atoms with van der Waals surface area (Å²) < 4.78 is 1.23. The van der Waals surface area contributed by atoms with Crippen LogP contribution in [0.25, 0.3) is 16.3 Å². The molecule has 0 fully saturated rings. The zero-order chi connectivity index (χ0) is 14.1. The van der Waals surface area contributed by atoms with E-state index in [0.717, 1.165) is 15.6 Å². The fourth-order valence-corrected chi connectivity index (χ4v) is 3.99. The lowest BCUT2D eigenvalue weighted by Gasteiger charge is -1.95. The first-order valence-corrected chi connectivity index (χ1v) is 8.30. The van der Waals surface area contributed by atoms with Gasteiger partial charge in [0.25, 0.3) is 0 Å². The van der Waals surface area contributed by atoms with E-state index in [1.165, 1.54) is 15.3 Å². The third kappa shape index (κ3) is 3.21. The lowest BCUT2D eigenvalue weighted by atomic mass is 10.3. The van der Waals surface area contributed by atoms with Gasteiger partial charge in [-0.1, -0.05) is 42.1 Å². The summed E-state index contributed by atoms with van der Waals surface area (Å²) in [5, 5.41) is 5.59. The lowest BCUT2D eigenvalue weighted by Crippen LogP contribution is -1.86. The molecule has 4 rings (SSSR count). The maximum absolute atomic E-state index is 4.59. The van der Waals surface area contributed by atoms with Gasteiger partial charge in [-0.3, -0.25) is 0 Å². The predicted molar refractivity (Wildman–Crippen MR) is 108 cm³/mol. The van der Waals surface area contributed by atoms with Crippen LogP contribution in [0.4, 0.5) is 5.69 Å². The van der Waals surface area contributed by atoms with Crippen molar-refractivity contribution in [1.82, 2.24) is 4.98 Å². The molecular formula is C17H13IN2S2. The molecule has 0 bridgehead atoms. The first-order chi connectivity index (χ1) is 10.4. The van der Waals surface area contributed by atoms with E-state index in [-0.39, 0.29) is 24.0 Å². The van der Waals surface area contributed by atoms with Crippen LogP contribution >= 0.6 is 47.1 Å². The van der Waals surface area contributed by atoms with Crippen molar-refractivity contribution in [3.05, 3.63) is 70.7 Å². The van der Waals surface area contributed by atoms with Gasteiger partial charge in [0.05, 0.1) is 20.9 Å². The zero-order valence-electron chi connectivity index (χ0n) is 11.5. The molecule has 0 saturated carbocycles. The monoisotopic (exact) mass is 436 g/mol. The van der Waals surface area contributed by atoms with Crippen molar-refractivity contribution >= 4 is 69.1 Å². The number of anilines is 1. The average Bonchev–Trinajstić information content (AvgIpc) is 3.09. The number of hydrogen-bond acceptors (Lipinski definition) is 4. The number of fused-ring (bicyclic) bond motifs is 2. The third-order valence-electron chi connectivity index (χ3n) is 3.16. The molecule has 0 atom stereocenters. The van der Waals surface area contributed by atoms with E-state index in [2.05, 4.69) is 52.8 Å². The van der Waals surface area contributed by atoms with Crippen molar-refractivity contribution in [2.75, 3.05) is 5.32 Å². The van der Waals surface area contributed by atoms with Crippen LogP contribution in [0.1, 0.15) is 5.01 Å². The van der Waals surface area contributed by atoms with E-state index in [4.69, 9.17) is 0 Å². The second-order valence-corrected chi connectivity index (χ2v) is 6.78. The maximum atomic E-state index is 4.59. The summed E-state index contributed by atoms with van der Waals surface area (Å²) in [7, 11) is 0. The van der Waals surface area contributed by atoms with Gasteiger partial charge in [0.1, 0.15) is 5.01 Å². The Hall–Kier alpha value is -1.31. The number of aromatic nitrogens is 1. The molecule has 0 unspecified atom stereocenters. The van der Waals surface area contributed by atoms with E-state index in [9.17, 15) is 0 Å². The standard InChI is InChI=1S/C17H12N2S2.HI/c1-3-8-14-12(6-1)18-16(20-14)10-5-11-17-19-13-7-2-4-9-15(13)21-17;/h1-11,18H;1H. The molecule has 0 amide bonds. The Morgan fingerprint density at radius 1 is 1.00 bits per heavy atom. The zero-order valence-corrected chi connectivity index (χ0v) is 15.5. The number of halogens is 1. The minimum atomic E-state index is 0. The van der Waals surface area contributed by atoms with Crippen molar-refractivity contribution in [1.29, 1.82) is 0 Å². The highest BCUT2D eigenvalue weighted by Crippen LogP contribution is 2.40. The molecule has 2 aromatic carbocycles. The topological polar surface area (TPSA) is 24.9 Å². The molecular weight excluding hydrogens is 423 g/mol. The van der Waals surface area contributed by atoms with Gasteiger partial charge >= 0.3 is 0 Å². The van der Waals surface area contributed by atoms with Crippen molar-refractivity contribution in [3.8, 4) is 0 Å². The number of thiazole rings is 1. The van der Waals surface area contributed by atoms with Crippen molar-refractivity contribution in [2.45, 2.75) is 4.90 Å². The molecule has 0 saturated heterocycles. The van der Waals surface area contributed by atoms with Crippen molar-refractivity contribution in [3.63, 3.8) is 0 Å². The molecule has 1 N–H and O–H groups in total. The van der Waals surface area contributed by atoms with Gasteiger partial charge in [0.2, 0.25) is 0 Å². The van der Waals surface area contributed by atoms with Crippen LogP contribution in [0.5, 0.6) is 0 Å². The molecule has 0 aliphatic carbocycles. The number of para-hydroxylation sites is 2. The number of nitrogens with one attached hydrogen (secondary N) is 1. The molecule has 1 aliphatic rings. The van der Waals surface area contributed by atoms with Crippen LogP contribution in [0.15, 0.2) is 70.6 Å². The van der Waals surface area contributed by atoms with Crippen LogP contribution in [0.3, 0.4) is 0 Å². The molecule has 110 valence electrons. The number of rotatable bonds is 2. The van der Waals surface area contributed by atoms with Crippen LogP contribution in [-0.4, -0.2) is 4.98 Å². The Labute approximate surface area is 154 Å². The summed E-state index contributed by atoms with van der Waals surface area (Å²) in [6.07, 6.45) is 6.21. The fourth-order valence-electron chi connectivity index (χ4n) is 2.19. The summed E-state index contributed by atoms with van der Waals surface area (Å²) in [5.74, 6) is 0. The normalized spacial score (nSPS) is 15.0. The third-order valence-corrected chi connectivity index (χ3v) is 5.20. The molecule has 22 heavy (non-hydrogen) atoms. The van der Waals surface area contributed by atoms with Crippen LogP contribution in [-0.2, 0) is 0 Å². The molecule has 0 spiro atoms. The highest BCUT2D eigenvalue weighted by atomic mass is 127. The SMILES string of the molecule is C(=Cc1nc2ccccc2s1)C=C1Nc2ccccc2S1.I. The summed E-state index contributed by atoms with van der Waals surface area (Å²) in [6, 6.07) is 16.6. The first-order valence-electron chi connectivity index (χ1n) is 6.66. The number of allylic oxidation sites excluding steroid dienone is 2. The number of benzene rings is 2. The Bertz CT molecular complexity index is 808. The van der Waals surface area contributed by atoms with E-state index < -0.39 is 0 Å². The van der Waals surface area contributed by atoms with E-state index in [1.54, 1.807) is 23.1 Å².